The topological polar surface area (TPSA) is 148 Å². The Morgan fingerprint density at radius 1 is 1.07 bits per heavy atom. The summed E-state index contributed by atoms with van der Waals surface area (Å²) in [6.45, 7) is 2.36. The van der Waals surface area contributed by atoms with Crippen LogP contribution in [0.2, 0.25) is 0 Å². The molecule has 0 aliphatic rings. The zero-order valence-electron chi connectivity index (χ0n) is 14.3. The lowest BCUT2D eigenvalue weighted by Gasteiger charge is -2.03. The van der Waals surface area contributed by atoms with Crippen LogP contribution >= 0.6 is 11.3 Å². The molecule has 0 aliphatic heterocycles. The Bertz CT molecular complexity index is 904. The summed E-state index contributed by atoms with van der Waals surface area (Å²) in [5.41, 5.74) is 3.42. The summed E-state index contributed by atoms with van der Waals surface area (Å²) in [6, 6.07) is 9.02. The fourth-order valence-electron chi connectivity index (χ4n) is 1.67. The molecule has 0 spiro atoms. The highest BCUT2D eigenvalue weighted by Crippen LogP contribution is 2.13. The van der Waals surface area contributed by atoms with Crippen molar-refractivity contribution in [2.75, 3.05) is 18.1 Å². The van der Waals surface area contributed by atoms with Gasteiger partial charge in [-0.25, -0.2) is 9.78 Å². The van der Waals surface area contributed by atoms with Gasteiger partial charge in [-0.2, -0.15) is 16.8 Å². The van der Waals surface area contributed by atoms with Gasteiger partial charge in [0.15, 0.2) is 0 Å². The SMILES string of the molecule is Cc1ncsc1CCOC(=O)c1ccccc1.O=S(=O)(O)CCS(=O)(=O)O. The van der Waals surface area contributed by atoms with E-state index in [0.717, 1.165) is 12.1 Å². The number of hydrogen-bond donors (Lipinski definition) is 2. The Morgan fingerprint density at radius 3 is 2.07 bits per heavy atom. The number of nitrogens with zero attached hydrogens (tertiary/aromatic N) is 1. The predicted molar refractivity (Wildman–Crippen MR) is 100 cm³/mol. The Hall–Kier alpha value is -1.86. The van der Waals surface area contributed by atoms with Crippen LogP contribution in [-0.4, -0.2) is 55.0 Å². The largest absolute Gasteiger partial charge is 0.462 e. The van der Waals surface area contributed by atoms with E-state index in [0.29, 0.717) is 12.2 Å². The van der Waals surface area contributed by atoms with Crippen LogP contribution in [0.3, 0.4) is 0 Å². The molecule has 0 unspecified atom stereocenters. The van der Waals surface area contributed by atoms with Crippen molar-refractivity contribution in [1.82, 2.24) is 4.98 Å². The predicted octanol–water partition coefficient (Wildman–Crippen LogP) is 1.61. The zero-order chi connectivity index (χ0) is 20.5. The summed E-state index contributed by atoms with van der Waals surface area (Å²) in [6.07, 6.45) is 0.731. The van der Waals surface area contributed by atoms with Crippen LogP contribution < -0.4 is 0 Å². The van der Waals surface area contributed by atoms with Crippen molar-refractivity contribution in [3.8, 4) is 0 Å². The van der Waals surface area contributed by atoms with Crippen molar-refractivity contribution >= 4 is 37.5 Å². The van der Waals surface area contributed by atoms with Gasteiger partial charge < -0.3 is 4.74 Å². The van der Waals surface area contributed by atoms with Crippen LogP contribution in [0, 0.1) is 6.92 Å². The molecule has 27 heavy (non-hydrogen) atoms. The first-order chi connectivity index (χ1) is 12.5. The second-order valence-electron chi connectivity index (χ2n) is 5.18. The highest BCUT2D eigenvalue weighted by Gasteiger charge is 2.11. The summed E-state index contributed by atoms with van der Waals surface area (Å²) in [7, 11) is -8.59. The summed E-state index contributed by atoms with van der Waals surface area (Å²) in [4.78, 5) is 16.9. The zero-order valence-corrected chi connectivity index (χ0v) is 16.8. The molecule has 0 atom stereocenters. The van der Waals surface area contributed by atoms with E-state index < -0.39 is 31.7 Å². The molecule has 0 aliphatic carbocycles. The molecule has 2 rings (SSSR count). The fraction of sp³-hybridized carbons (Fsp3) is 0.333. The molecule has 0 saturated heterocycles. The van der Waals surface area contributed by atoms with Gasteiger partial charge >= 0.3 is 5.97 Å². The Labute approximate surface area is 161 Å². The van der Waals surface area contributed by atoms with Gasteiger partial charge in [0.1, 0.15) is 0 Å². The second kappa shape index (κ2) is 10.5. The Balaban J connectivity index is 0.000000314. The lowest BCUT2D eigenvalue weighted by molar-refractivity contribution is 0.0509. The normalized spacial score (nSPS) is 11.4. The van der Waals surface area contributed by atoms with Crippen molar-refractivity contribution < 1.29 is 35.5 Å². The average molecular weight is 438 g/mol. The van der Waals surface area contributed by atoms with E-state index in [2.05, 4.69) is 4.98 Å². The molecule has 0 radical (unpaired) electrons. The number of carbonyl (C=O) groups is 1. The van der Waals surface area contributed by atoms with E-state index >= 15 is 0 Å². The first kappa shape index (κ1) is 23.2. The minimum Gasteiger partial charge on any atom is -0.462 e. The second-order valence-corrected chi connectivity index (χ2v) is 9.27. The van der Waals surface area contributed by atoms with Crippen LogP contribution in [-0.2, 0) is 31.4 Å². The lowest BCUT2D eigenvalue weighted by atomic mass is 10.2. The highest BCUT2D eigenvalue weighted by molar-refractivity contribution is 7.89. The third kappa shape index (κ3) is 10.8. The molecule has 1 aromatic heterocycles. The average Bonchev–Trinajstić information content (AvgIpc) is 2.98. The molecule has 2 N–H and O–H groups in total. The standard InChI is InChI=1S/C13H13NO2S.C2H6O6S2/c1-10-12(17-9-14-10)7-8-16-13(15)11-5-3-2-4-6-11;3-9(4,5)1-2-10(6,7)8/h2-6,9H,7-8H2,1H3;1-2H2,(H,3,4,5)(H,6,7,8). The number of carbonyl (C=O) groups excluding carboxylic acids is 1. The maximum Gasteiger partial charge on any atom is 0.338 e. The maximum atomic E-state index is 11.6. The van der Waals surface area contributed by atoms with Crippen LogP contribution in [0.15, 0.2) is 35.8 Å². The summed E-state index contributed by atoms with van der Waals surface area (Å²) in [5.74, 6) is -2.23. The molecule has 0 bridgehead atoms. The molecular weight excluding hydrogens is 418 g/mol. The maximum absolute atomic E-state index is 11.6. The smallest absolute Gasteiger partial charge is 0.338 e. The molecule has 12 heteroatoms. The third-order valence-corrected chi connectivity index (χ3v) is 5.71. The van der Waals surface area contributed by atoms with Crippen molar-refractivity contribution in [3.63, 3.8) is 0 Å². The van der Waals surface area contributed by atoms with E-state index in [1.54, 1.807) is 23.5 Å². The molecule has 1 aromatic carbocycles. The van der Waals surface area contributed by atoms with Gasteiger partial charge in [-0.15, -0.1) is 11.3 Å². The molecule has 150 valence electrons. The van der Waals surface area contributed by atoms with Gasteiger partial charge in [0.2, 0.25) is 0 Å². The van der Waals surface area contributed by atoms with Crippen molar-refractivity contribution in [2.45, 2.75) is 13.3 Å². The number of aromatic nitrogens is 1. The first-order valence-corrected chi connectivity index (χ1v) is 11.6. The van der Waals surface area contributed by atoms with Gasteiger partial charge in [-0.3, -0.25) is 9.11 Å². The fourth-order valence-corrected chi connectivity index (χ4v) is 4.12. The van der Waals surface area contributed by atoms with Crippen LogP contribution in [0.5, 0.6) is 0 Å². The Morgan fingerprint density at radius 2 is 1.63 bits per heavy atom. The number of benzene rings is 1. The number of aryl methyl sites for hydroxylation is 1. The van der Waals surface area contributed by atoms with Gasteiger partial charge in [0.05, 0.1) is 34.9 Å². The summed E-state index contributed by atoms with van der Waals surface area (Å²) < 4.78 is 60.6. The van der Waals surface area contributed by atoms with Gasteiger partial charge in [-0.05, 0) is 19.1 Å². The van der Waals surface area contributed by atoms with Gasteiger partial charge in [-0.1, -0.05) is 18.2 Å². The monoisotopic (exact) mass is 437 g/mol. The minimum absolute atomic E-state index is 0.271. The van der Waals surface area contributed by atoms with E-state index in [-0.39, 0.29) is 5.97 Å². The lowest BCUT2D eigenvalue weighted by Crippen LogP contribution is -2.15. The van der Waals surface area contributed by atoms with E-state index in [4.69, 9.17) is 13.8 Å². The van der Waals surface area contributed by atoms with Crippen LogP contribution in [0.1, 0.15) is 20.9 Å². The van der Waals surface area contributed by atoms with Gasteiger partial charge in [0.25, 0.3) is 20.2 Å². The quantitative estimate of drug-likeness (QED) is 0.487. The highest BCUT2D eigenvalue weighted by atomic mass is 32.2. The number of rotatable bonds is 7. The molecule has 2 aromatic rings. The van der Waals surface area contributed by atoms with E-state index in [1.807, 2.05) is 30.6 Å². The molecule has 0 saturated carbocycles. The van der Waals surface area contributed by atoms with E-state index in [9.17, 15) is 21.6 Å². The molecule has 0 amide bonds. The molecule has 9 nitrogen and oxygen atoms in total. The summed E-state index contributed by atoms with van der Waals surface area (Å²) >= 11 is 1.59. The molecule has 1 heterocycles. The third-order valence-electron chi connectivity index (χ3n) is 3.02. The molecule has 0 fully saturated rings. The van der Waals surface area contributed by atoms with Crippen LogP contribution in [0.25, 0.3) is 0 Å². The van der Waals surface area contributed by atoms with Gasteiger partial charge in [0, 0.05) is 11.3 Å². The van der Waals surface area contributed by atoms with Crippen molar-refractivity contribution in [2.24, 2.45) is 0 Å². The Kier molecular flexibility index (Phi) is 8.99. The summed E-state index contributed by atoms with van der Waals surface area (Å²) in [5, 5.41) is 0. The van der Waals surface area contributed by atoms with E-state index in [1.165, 1.54) is 4.88 Å². The first-order valence-electron chi connectivity index (χ1n) is 7.49. The number of hydrogen-bond acceptors (Lipinski definition) is 8. The van der Waals surface area contributed by atoms with Crippen molar-refractivity contribution in [1.29, 1.82) is 0 Å². The minimum atomic E-state index is -4.30. The van der Waals surface area contributed by atoms with Crippen molar-refractivity contribution in [3.05, 3.63) is 52.0 Å². The number of ether oxygens (including phenoxy) is 1. The number of esters is 1. The molecular formula is C15H19NO8S3. The van der Waals surface area contributed by atoms with Crippen LogP contribution in [0.4, 0.5) is 0 Å². The number of thiazole rings is 1.